The van der Waals surface area contributed by atoms with Gasteiger partial charge in [-0.2, -0.15) is 4.98 Å². The number of carboxylic acid groups (broad SMARTS) is 1. The number of aryl methyl sites for hydroxylation is 1. The first kappa shape index (κ1) is 47.8. The molecule has 0 radical (unpaired) electrons. The molecule has 0 saturated heterocycles. The van der Waals surface area contributed by atoms with E-state index >= 15 is 0 Å². The van der Waals surface area contributed by atoms with Crippen molar-refractivity contribution >= 4 is 23.1 Å². The molecular weight excluding hydrogens is 512 g/mol. The molecule has 3 aromatic rings. The van der Waals surface area contributed by atoms with Gasteiger partial charge in [-0.05, 0) is 62.9 Å². The molecule has 0 aliphatic carbocycles. The molecule has 1 N–H and O–H groups in total. The first-order valence-corrected chi connectivity index (χ1v) is 12.5. The third-order valence-corrected chi connectivity index (χ3v) is 6.04. The average molecular weight is 579 g/mol. The summed E-state index contributed by atoms with van der Waals surface area (Å²) < 4.78 is 11.7. The van der Waals surface area contributed by atoms with E-state index in [9.17, 15) is 9.90 Å². The molecule has 6 heteroatoms. The number of fused-ring (bicyclic) bond motifs is 1. The van der Waals surface area contributed by atoms with Crippen LogP contribution in [-0.4, -0.2) is 34.8 Å². The highest BCUT2D eigenvalue weighted by Crippen LogP contribution is 2.23. The molecule has 0 atom stereocenters. The summed E-state index contributed by atoms with van der Waals surface area (Å²) in [5.41, 5.74) is 1.66. The Morgan fingerprint density at radius 3 is 1.98 bits per heavy atom. The summed E-state index contributed by atoms with van der Waals surface area (Å²) in [4.78, 5) is 18.3. The van der Waals surface area contributed by atoms with Crippen LogP contribution in [0.4, 0.5) is 6.01 Å². The normalized spacial score (nSPS) is 9.63. The Balaban J connectivity index is -0.000000617. The third-order valence-electron chi connectivity index (χ3n) is 6.04. The molecule has 0 bridgehead atoms. The van der Waals surface area contributed by atoms with Crippen LogP contribution >= 0.6 is 0 Å². The van der Waals surface area contributed by atoms with Crippen LogP contribution in [0, 0.1) is 0 Å². The third kappa shape index (κ3) is 15.0. The summed E-state index contributed by atoms with van der Waals surface area (Å²) in [6, 6.07) is 16.3. The number of benzene rings is 2. The Hall–Kier alpha value is -3.02. The Bertz CT molecular complexity index is 995. The summed E-state index contributed by atoms with van der Waals surface area (Å²) in [5.74, 6) is -0.423. The van der Waals surface area contributed by atoms with Crippen LogP contribution in [0.15, 0.2) is 52.9 Å². The lowest BCUT2D eigenvalue weighted by molar-refractivity contribution is -0.152. The van der Waals surface area contributed by atoms with Crippen molar-refractivity contribution in [2.75, 3.05) is 18.0 Å². The van der Waals surface area contributed by atoms with Gasteiger partial charge < -0.3 is 19.2 Å². The molecule has 0 saturated carbocycles. The van der Waals surface area contributed by atoms with Crippen LogP contribution in [0.25, 0.3) is 11.1 Å². The number of para-hydroxylation sites is 2. The summed E-state index contributed by atoms with van der Waals surface area (Å²) in [7, 11) is 0. The molecule has 0 spiro atoms. The second-order valence-corrected chi connectivity index (χ2v) is 9.38. The minimum absolute atomic E-state index is 0. The fourth-order valence-electron chi connectivity index (χ4n) is 3.92. The lowest BCUT2D eigenvalue weighted by Crippen LogP contribution is -2.37. The topological polar surface area (TPSA) is 75.8 Å². The number of rotatable bonds is 15. The molecule has 1 aromatic heterocycles. The lowest BCUT2D eigenvalue weighted by atomic mass is 10.1. The molecule has 0 unspecified atom stereocenters. The van der Waals surface area contributed by atoms with Gasteiger partial charge in [0.25, 0.3) is 6.01 Å². The molecule has 2 aromatic carbocycles. The van der Waals surface area contributed by atoms with Gasteiger partial charge in [0.2, 0.25) is 0 Å². The van der Waals surface area contributed by atoms with E-state index in [1.54, 1.807) is 13.8 Å². The lowest BCUT2D eigenvalue weighted by Gasteiger charge is -2.22. The van der Waals surface area contributed by atoms with E-state index in [4.69, 9.17) is 14.1 Å². The van der Waals surface area contributed by atoms with Crippen molar-refractivity contribution in [3.63, 3.8) is 0 Å². The number of aliphatic carboxylic acids is 1. The minimum Gasteiger partial charge on any atom is -0.478 e. The number of nitrogens with zero attached hydrogens (tertiary/aromatic N) is 2. The standard InChI is InChI=1S/C28H38N2O4.7CH4/c1-4-5-6-7-8-11-20-30(27-29-24-14-9-10-15-25(24)33-27)21-12-13-22-16-18-23(19-17-22)34-28(2,3)26(31)32;;;;;;;/h9-10,14-19H,4-8,11-13,20-21H2,1-3H3,(H,31,32);7*1H4. The average Bonchev–Trinajstić information content (AvgIpc) is 3.25. The highest BCUT2D eigenvalue weighted by molar-refractivity contribution is 5.76. The van der Waals surface area contributed by atoms with E-state index in [1.165, 1.54) is 37.7 Å². The van der Waals surface area contributed by atoms with Gasteiger partial charge in [0.05, 0.1) is 0 Å². The predicted octanol–water partition coefficient (Wildman–Crippen LogP) is 11.3. The van der Waals surface area contributed by atoms with Crippen LogP contribution in [0.2, 0.25) is 0 Å². The number of carboxylic acids is 1. The highest BCUT2D eigenvalue weighted by atomic mass is 16.5. The molecule has 0 aliphatic rings. The van der Waals surface area contributed by atoms with Crippen molar-refractivity contribution in [2.24, 2.45) is 0 Å². The Morgan fingerprint density at radius 2 is 1.39 bits per heavy atom. The van der Waals surface area contributed by atoms with E-state index in [0.717, 1.165) is 43.5 Å². The first-order valence-electron chi connectivity index (χ1n) is 12.5. The van der Waals surface area contributed by atoms with Gasteiger partial charge in [-0.25, -0.2) is 4.79 Å². The fraction of sp³-hybridized carbons (Fsp3) is 0.600. The van der Waals surface area contributed by atoms with E-state index in [2.05, 4.69) is 11.8 Å². The Labute approximate surface area is 254 Å². The van der Waals surface area contributed by atoms with Crippen LogP contribution < -0.4 is 9.64 Å². The van der Waals surface area contributed by atoms with Crippen molar-refractivity contribution in [2.45, 2.75) is 130 Å². The second kappa shape index (κ2) is 23.7. The maximum absolute atomic E-state index is 11.3. The zero-order valence-electron chi connectivity index (χ0n) is 20.8. The molecule has 1 heterocycles. The quantitative estimate of drug-likeness (QED) is 0.181. The number of oxazole rings is 1. The molecule has 0 fully saturated rings. The number of unbranched alkanes of at least 4 members (excludes halogenated alkanes) is 5. The number of ether oxygens (including phenoxy) is 1. The molecule has 6 nitrogen and oxygen atoms in total. The van der Waals surface area contributed by atoms with Crippen molar-refractivity contribution in [3.05, 3.63) is 54.1 Å². The molecule has 41 heavy (non-hydrogen) atoms. The largest absolute Gasteiger partial charge is 0.478 e. The van der Waals surface area contributed by atoms with Gasteiger partial charge in [0.1, 0.15) is 11.3 Å². The summed E-state index contributed by atoms with van der Waals surface area (Å²) >= 11 is 0. The number of aromatic nitrogens is 1. The van der Waals surface area contributed by atoms with Gasteiger partial charge in [-0.3, -0.25) is 0 Å². The van der Waals surface area contributed by atoms with Crippen LogP contribution in [0.1, 0.15) is 123 Å². The monoisotopic (exact) mass is 579 g/mol. The number of anilines is 1. The predicted molar refractivity (Wildman–Crippen MR) is 184 cm³/mol. The van der Waals surface area contributed by atoms with Crippen molar-refractivity contribution in [3.8, 4) is 5.75 Å². The molecule has 240 valence electrons. The number of hydrogen-bond acceptors (Lipinski definition) is 5. The number of hydrogen-bond donors (Lipinski definition) is 1. The SMILES string of the molecule is C.C.C.C.C.C.C.CCCCCCCCN(CCCc1ccc(OC(C)(C)C(=O)O)cc1)c1nc2ccccc2o1. The van der Waals surface area contributed by atoms with Gasteiger partial charge in [0, 0.05) is 13.1 Å². The van der Waals surface area contributed by atoms with E-state index in [-0.39, 0.29) is 52.0 Å². The fourth-order valence-corrected chi connectivity index (χ4v) is 3.92. The Morgan fingerprint density at radius 1 is 0.829 bits per heavy atom. The maximum atomic E-state index is 11.3. The molecular formula is C35H66N2O4. The summed E-state index contributed by atoms with van der Waals surface area (Å²) in [6.07, 6.45) is 9.40. The van der Waals surface area contributed by atoms with E-state index in [0.29, 0.717) is 11.8 Å². The minimum atomic E-state index is -1.25. The zero-order chi connectivity index (χ0) is 24.4. The van der Waals surface area contributed by atoms with Crippen molar-refractivity contribution in [1.82, 2.24) is 4.98 Å². The number of carbonyl (C=O) groups is 1. The van der Waals surface area contributed by atoms with Crippen LogP contribution in [0.3, 0.4) is 0 Å². The maximum Gasteiger partial charge on any atom is 0.347 e. The van der Waals surface area contributed by atoms with Gasteiger partial charge in [0.15, 0.2) is 11.2 Å². The van der Waals surface area contributed by atoms with Gasteiger partial charge >= 0.3 is 5.97 Å². The Kier molecular flexibility index (Phi) is 27.6. The summed E-state index contributed by atoms with van der Waals surface area (Å²) in [5, 5.41) is 9.24. The summed E-state index contributed by atoms with van der Waals surface area (Å²) in [6.45, 7) is 7.15. The smallest absolute Gasteiger partial charge is 0.347 e. The molecule has 0 amide bonds. The molecule has 3 rings (SSSR count). The van der Waals surface area contributed by atoms with Crippen molar-refractivity contribution < 1.29 is 19.1 Å². The van der Waals surface area contributed by atoms with Crippen molar-refractivity contribution in [1.29, 1.82) is 0 Å². The van der Waals surface area contributed by atoms with E-state index in [1.807, 2.05) is 48.5 Å². The van der Waals surface area contributed by atoms with E-state index < -0.39 is 11.6 Å². The second-order valence-electron chi connectivity index (χ2n) is 9.38. The highest BCUT2D eigenvalue weighted by Gasteiger charge is 2.29. The van der Waals surface area contributed by atoms with Crippen LogP contribution in [0.5, 0.6) is 5.75 Å². The zero-order valence-corrected chi connectivity index (χ0v) is 20.8. The first-order chi connectivity index (χ1) is 16.4. The molecule has 0 aliphatic heterocycles. The van der Waals surface area contributed by atoms with Crippen LogP contribution in [-0.2, 0) is 11.2 Å². The van der Waals surface area contributed by atoms with Gasteiger partial charge in [-0.1, -0.05) is 115 Å². The van der Waals surface area contributed by atoms with Gasteiger partial charge in [-0.15, -0.1) is 0 Å².